The Balaban J connectivity index is 1.59. The van der Waals surface area contributed by atoms with Gasteiger partial charge in [-0.25, -0.2) is 0 Å². The molecule has 2 aromatic heterocycles. The van der Waals surface area contributed by atoms with Gasteiger partial charge >= 0.3 is 0 Å². The second kappa shape index (κ2) is 7.18. The van der Waals surface area contributed by atoms with Gasteiger partial charge in [-0.2, -0.15) is 4.80 Å². The molecule has 1 atom stereocenters. The van der Waals surface area contributed by atoms with Gasteiger partial charge in [0.05, 0.1) is 6.54 Å². The smallest absolute Gasteiger partial charge is 0.206 e. The maximum atomic E-state index is 10.2. The van der Waals surface area contributed by atoms with Gasteiger partial charge < -0.3 is 9.84 Å². The maximum absolute atomic E-state index is 10.2. The molecule has 7 heteroatoms. The molecule has 3 rings (SSSR count). The van der Waals surface area contributed by atoms with E-state index in [-0.39, 0.29) is 13.2 Å². The van der Waals surface area contributed by atoms with Crippen LogP contribution in [-0.4, -0.2) is 43.0 Å². The van der Waals surface area contributed by atoms with E-state index in [1.807, 2.05) is 44.2 Å². The summed E-state index contributed by atoms with van der Waals surface area (Å²) in [6, 6.07) is 9.60. The average Bonchev–Trinajstić information content (AvgIpc) is 3.03. The summed E-state index contributed by atoms with van der Waals surface area (Å²) in [4.78, 5) is 5.39. The number of para-hydroxylation sites is 1. The van der Waals surface area contributed by atoms with Crippen LogP contribution >= 0.6 is 0 Å². The van der Waals surface area contributed by atoms with Crippen molar-refractivity contribution in [2.24, 2.45) is 0 Å². The van der Waals surface area contributed by atoms with Gasteiger partial charge in [0.1, 0.15) is 18.5 Å². The quantitative estimate of drug-likeness (QED) is 0.743. The van der Waals surface area contributed by atoms with Crippen LogP contribution in [0, 0.1) is 13.8 Å². The van der Waals surface area contributed by atoms with Gasteiger partial charge in [0.25, 0.3) is 0 Å². The Kier molecular flexibility index (Phi) is 4.81. The SMILES string of the molecule is Cc1cccc(C)c1OC[C@@H](O)Cn1nnc(-c2cccnc2)n1. The third-order valence-electron chi connectivity index (χ3n) is 3.58. The topological polar surface area (TPSA) is 86.0 Å². The van der Waals surface area contributed by atoms with E-state index in [0.29, 0.717) is 5.82 Å². The lowest BCUT2D eigenvalue weighted by Crippen LogP contribution is -2.25. The molecule has 0 aliphatic carbocycles. The fourth-order valence-corrected chi connectivity index (χ4v) is 2.38. The zero-order valence-corrected chi connectivity index (χ0v) is 13.6. The lowest BCUT2D eigenvalue weighted by atomic mass is 10.1. The zero-order valence-electron chi connectivity index (χ0n) is 13.6. The number of aryl methyl sites for hydroxylation is 2. The maximum Gasteiger partial charge on any atom is 0.206 e. The Morgan fingerprint density at radius 3 is 2.67 bits per heavy atom. The van der Waals surface area contributed by atoms with Gasteiger partial charge in [0.2, 0.25) is 5.82 Å². The van der Waals surface area contributed by atoms with Gasteiger partial charge in [-0.15, -0.1) is 10.2 Å². The van der Waals surface area contributed by atoms with Crippen molar-refractivity contribution in [3.8, 4) is 17.1 Å². The molecule has 0 amide bonds. The number of ether oxygens (including phenoxy) is 1. The molecule has 3 aromatic rings. The number of hydrogen-bond donors (Lipinski definition) is 1. The van der Waals surface area contributed by atoms with E-state index in [1.165, 1.54) is 4.80 Å². The van der Waals surface area contributed by atoms with Crippen molar-refractivity contribution >= 4 is 0 Å². The highest BCUT2D eigenvalue weighted by Crippen LogP contribution is 2.22. The first-order valence-electron chi connectivity index (χ1n) is 7.69. The number of pyridine rings is 1. The van der Waals surface area contributed by atoms with Gasteiger partial charge in [0.15, 0.2) is 0 Å². The molecule has 124 valence electrons. The molecule has 0 spiro atoms. The van der Waals surface area contributed by atoms with Crippen molar-refractivity contribution in [2.45, 2.75) is 26.5 Å². The van der Waals surface area contributed by atoms with E-state index in [9.17, 15) is 5.11 Å². The molecule has 0 aliphatic heterocycles. The lowest BCUT2D eigenvalue weighted by molar-refractivity contribution is 0.0844. The number of nitrogens with zero attached hydrogens (tertiary/aromatic N) is 5. The summed E-state index contributed by atoms with van der Waals surface area (Å²) in [6.45, 7) is 4.33. The first kappa shape index (κ1) is 16.1. The summed E-state index contributed by atoms with van der Waals surface area (Å²) in [5.74, 6) is 1.28. The number of rotatable bonds is 6. The van der Waals surface area contributed by atoms with Gasteiger partial charge in [0, 0.05) is 18.0 Å². The molecule has 2 heterocycles. The second-order valence-corrected chi connectivity index (χ2v) is 5.60. The molecule has 0 aliphatic rings. The molecule has 0 radical (unpaired) electrons. The number of tetrazole rings is 1. The Hall–Kier alpha value is -2.80. The van der Waals surface area contributed by atoms with Crippen LogP contribution in [0.25, 0.3) is 11.4 Å². The van der Waals surface area contributed by atoms with Crippen molar-refractivity contribution in [1.29, 1.82) is 0 Å². The van der Waals surface area contributed by atoms with E-state index < -0.39 is 6.10 Å². The van der Waals surface area contributed by atoms with Crippen LogP contribution in [0.4, 0.5) is 0 Å². The highest BCUT2D eigenvalue weighted by atomic mass is 16.5. The van der Waals surface area contributed by atoms with Crippen LogP contribution in [0.3, 0.4) is 0 Å². The van der Waals surface area contributed by atoms with Crippen LogP contribution in [0.15, 0.2) is 42.7 Å². The summed E-state index contributed by atoms with van der Waals surface area (Å²) in [6.07, 6.45) is 2.62. The molecule has 0 saturated carbocycles. The molecule has 1 aromatic carbocycles. The first-order chi connectivity index (χ1) is 11.6. The molecule has 24 heavy (non-hydrogen) atoms. The largest absolute Gasteiger partial charge is 0.490 e. The van der Waals surface area contributed by atoms with E-state index in [2.05, 4.69) is 20.4 Å². The van der Waals surface area contributed by atoms with Crippen LogP contribution in [0.5, 0.6) is 5.75 Å². The molecule has 7 nitrogen and oxygen atoms in total. The second-order valence-electron chi connectivity index (χ2n) is 5.60. The summed E-state index contributed by atoms with van der Waals surface area (Å²) >= 11 is 0. The van der Waals surface area contributed by atoms with Crippen molar-refractivity contribution in [1.82, 2.24) is 25.2 Å². The molecular formula is C17H19N5O2. The molecule has 0 fully saturated rings. The zero-order chi connectivity index (χ0) is 16.9. The van der Waals surface area contributed by atoms with Gasteiger partial charge in [-0.1, -0.05) is 18.2 Å². The minimum absolute atomic E-state index is 0.162. The summed E-state index contributed by atoms with van der Waals surface area (Å²) in [7, 11) is 0. The highest BCUT2D eigenvalue weighted by Gasteiger charge is 2.12. The molecule has 1 N–H and O–H groups in total. The Morgan fingerprint density at radius 1 is 1.17 bits per heavy atom. The third kappa shape index (κ3) is 3.75. The summed E-state index contributed by atoms with van der Waals surface area (Å²) in [5.41, 5.74) is 2.87. The molecule has 0 unspecified atom stereocenters. The molecular weight excluding hydrogens is 306 g/mol. The Labute approximate surface area is 139 Å². The van der Waals surface area contributed by atoms with E-state index >= 15 is 0 Å². The summed E-state index contributed by atoms with van der Waals surface area (Å²) < 4.78 is 5.74. The number of aromatic nitrogens is 5. The standard InChI is InChI=1S/C17H19N5O2/c1-12-5-3-6-13(2)16(12)24-11-15(23)10-22-20-17(19-21-22)14-7-4-8-18-9-14/h3-9,15,23H,10-11H2,1-2H3/t15-/m0/s1. The highest BCUT2D eigenvalue weighted by molar-refractivity contribution is 5.51. The number of aliphatic hydroxyl groups is 1. The lowest BCUT2D eigenvalue weighted by Gasteiger charge is -2.15. The molecule has 0 saturated heterocycles. The normalized spacial score (nSPS) is 12.1. The average molecular weight is 325 g/mol. The number of aliphatic hydroxyl groups excluding tert-OH is 1. The third-order valence-corrected chi connectivity index (χ3v) is 3.58. The van der Waals surface area contributed by atoms with E-state index in [1.54, 1.807) is 12.4 Å². The minimum Gasteiger partial charge on any atom is -0.490 e. The van der Waals surface area contributed by atoms with Crippen LogP contribution in [-0.2, 0) is 6.54 Å². The van der Waals surface area contributed by atoms with Gasteiger partial charge in [-0.3, -0.25) is 4.98 Å². The van der Waals surface area contributed by atoms with Crippen molar-refractivity contribution < 1.29 is 9.84 Å². The monoisotopic (exact) mass is 325 g/mol. The fraction of sp³-hybridized carbons (Fsp3) is 0.294. The number of hydrogen-bond acceptors (Lipinski definition) is 6. The molecule has 0 bridgehead atoms. The van der Waals surface area contributed by atoms with Crippen molar-refractivity contribution in [3.63, 3.8) is 0 Å². The van der Waals surface area contributed by atoms with E-state index in [0.717, 1.165) is 22.4 Å². The first-order valence-corrected chi connectivity index (χ1v) is 7.69. The van der Waals surface area contributed by atoms with Crippen molar-refractivity contribution in [2.75, 3.05) is 6.61 Å². The Morgan fingerprint density at radius 2 is 1.96 bits per heavy atom. The van der Waals surface area contributed by atoms with Gasteiger partial charge in [-0.05, 0) is 42.3 Å². The van der Waals surface area contributed by atoms with Crippen LogP contribution in [0.1, 0.15) is 11.1 Å². The van der Waals surface area contributed by atoms with Crippen LogP contribution in [0.2, 0.25) is 0 Å². The Bertz CT molecular complexity index is 784. The fourth-order valence-electron chi connectivity index (χ4n) is 2.38. The van der Waals surface area contributed by atoms with E-state index in [4.69, 9.17) is 4.74 Å². The number of benzene rings is 1. The van der Waals surface area contributed by atoms with Crippen molar-refractivity contribution in [3.05, 3.63) is 53.9 Å². The predicted molar refractivity (Wildman–Crippen MR) is 88.5 cm³/mol. The summed E-state index contributed by atoms with van der Waals surface area (Å²) in [5, 5.41) is 22.3. The van der Waals surface area contributed by atoms with Crippen LogP contribution < -0.4 is 4.74 Å². The minimum atomic E-state index is -0.736. The predicted octanol–water partition coefficient (Wildman–Crippen LogP) is 1.79.